The molecule has 1 fully saturated rings. The second kappa shape index (κ2) is 8.52. The minimum atomic E-state index is 0.240. The van der Waals surface area contributed by atoms with E-state index >= 15 is 0 Å². The molecule has 0 saturated heterocycles. The van der Waals surface area contributed by atoms with Crippen LogP contribution in [0.1, 0.15) is 38.2 Å². The number of aliphatic hydroxyl groups is 1. The smallest absolute Gasteiger partial charge is 0.0558 e. The van der Waals surface area contributed by atoms with Gasteiger partial charge in [-0.1, -0.05) is 50.1 Å². The van der Waals surface area contributed by atoms with Crippen molar-refractivity contribution in [3.8, 4) is 0 Å². The summed E-state index contributed by atoms with van der Waals surface area (Å²) in [7, 11) is 0. The van der Waals surface area contributed by atoms with Crippen molar-refractivity contribution in [2.24, 2.45) is 5.41 Å². The first-order valence-electron chi connectivity index (χ1n) is 8.36. The van der Waals surface area contributed by atoms with Crippen LogP contribution in [0.5, 0.6) is 0 Å². The molecule has 1 aromatic rings. The van der Waals surface area contributed by atoms with Gasteiger partial charge in [0, 0.05) is 26.2 Å². The third-order valence-corrected chi connectivity index (χ3v) is 4.64. The molecule has 1 aliphatic rings. The minimum Gasteiger partial charge on any atom is -0.395 e. The number of aliphatic hydroxyl groups excluding tert-OH is 1. The molecular weight excluding hydrogens is 260 g/mol. The summed E-state index contributed by atoms with van der Waals surface area (Å²) in [6.45, 7) is 7.37. The van der Waals surface area contributed by atoms with Crippen LogP contribution in [-0.4, -0.2) is 42.8 Å². The van der Waals surface area contributed by atoms with Crippen LogP contribution in [0.4, 0.5) is 0 Å². The first-order chi connectivity index (χ1) is 10.3. The molecule has 0 amide bonds. The molecular formula is C18H30N2O. The predicted molar refractivity (Wildman–Crippen MR) is 88.2 cm³/mol. The van der Waals surface area contributed by atoms with Crippen molar-refractivity contribution in [1.29, 1.82) is 0 Å². The summed E-state index contributed by atoms with van der Waals surface area (Å²) >= 11 is 0. The highest BCUT2D eigenvalue weighted by molar-refractivity contribution is 5.14. The second-order valence-corrected chi connectivity index (χ2v) is 6.41. The lowest BCUT2D eigenvalue weighted by Crippen LogP contribution is -2.43. The van der Waals surface area contributed by atoms with Gasteiger partial charge in [0.05, 0.1) is 6.61 Å². The highest BCUT2D eigenvalue weighted by Gasteiger charge is 2.34. The van der Waals surface area contributed by atoms with Crippen molar-refractivity contribution in [3.63, 3.8) is 0 Å². The topological polar surface area (TPSA) is 35.5 Å². The fourth-order valence-corrected chi connectivity index (χ4v) is 3.58. The third kappa shape index (κ3) is 5.10. The Morgan fingerprint density at radius 3 is 2.52 bits per heavy atom. The maximum absolute atomic E-state index is 9.39. The van der Waals surface area contributed by atoms with Gasteiger partial charge in [0.15, 0.2) is 0 Å². The van der Waals surface area contributed by atoms with Crippen molar-refractivity contribution in [3.05, 3.63) is 35.9 Å². The Morgan fingerprint density at radius 2 is 1.90 bits per heavy atom. The van der Waals surface area contributed by atoms with Crippen LogP contribution in [0.2, 0.25) is 0 Å². The van der Waals surface area contributed by atoms with Crippen LogP contribution in [-0.2, 0) is 6.54 Å². The summed E-state index contributed by atoms with van der Waals surface area (Å²) in [6, 6.07) is 10.6. The molecule has 0 bridgehead atoms. The van der Waals surface area contributed by atoms with Crippen LogP contribution >= 0.6 is 0 Å². The Morgan fingerprint density at radius 1 is 1.19 bits per heavy atom. The first kappa shape index (κ1) is 16.5. The molecule has 1 saturated carbocycles. The Bertz CT molecular complexity index is 387. The molecule has 0 aromatic heterocycles. The molecule has 2 rings (SSSR count). The van der Waals surface area contributed by atoms with Gasteiger partial charge >= 0.3 is 0 Å². The molecule has 3 heteroatoms. The molecule has 1 aromatic carbocycles. The van der Waals surface area contributed by atoms with Gasteiger partial charge in [-0.2, -0.15) is 0 Å². The van der Waals surface area contributed by atoms with E-state index in [1.165, 1.54) is 31.2 Å². The van der Waals surface area contributed by atoms with Crippen LogP contribution in [0.3, 0.4) is 0 Å². The van der Waals surface area contributed by atoms with Crippen LogP contribution < -0.4 is 5.32 Å². The zero-order valence-corrected chi connectivity index (χ0v) is 13.4. The van der Waals surface area contributed by atoms with Crippen molar-refractivity contribution in [2.75, 3.05) is 32.8 Å². The van der Waals surface area contributed by atoms with Gasteiger partial charge in [-0.05, 0) is 30.4 Å². The van der Waals surface area contributed by atoms with Gasteiger partial charge in [0.25, 0.3) is 0 Å². The lowest BCUT2D eigenvalue weighted by molar-refractivity contribution is 0.119. The summed E-state index contributed by atoms with van der Waals surface area (Å²) in [5, 5.41) is 12.9. The molecule has 1 aliphatic carbocycles. The lowest BCUT2D eigenvalue weighted by Gasteiger charge is -2.35. The molecule has 0 spiro atoms. The predicted octanol–water partition coefficient (Wildman–Crippen LogP) is 2.65. The number of benzene rings is 1. The Balaban J connectivity index is 1.99. The van der Waals surface area contributed by atoms with Gasteiger partial charge < -0.3 is 10.4 Å². The van der Waals surface area contributed by atoms with E-state index in [9.17, 15) is 5.11 Å². The molecule has 0 unspecified atom stereocenters. The number of rotatable bonds is 9. The first-order valence-corrected chi connectivity index (χ1v) is 8.36. The van der Waals surface area contributed by atoms with Crippen LogP contribution in [0.25, 0.3) is 0 Å². The summed E-state index contributed by atoms with van der Waals surface area (Å²) in [5.41, 5.74) is 1.74. The van der Waals surface area contributed by atoms with E-state index in [1.54, 1.807) is 0 Å². The fraction of sp³-hybridized carbons (Fsp3) is 0.667. The Labute approximate surface area is 129 Å². The number of hydrogen-bond acceptors (Lipinski definition) is 3. The van der Waals surface area contributed by atoms with Gasteiger partial charge in [0.1, 0.15) is 0 Å². The van der Waals surface area contributed by atoms with Crippen molar-refractivity contribution in [2.45, 2.75) is 39.2 Å². The van der Waals surface area contributed by atoms with E-state index < -0.39 is 0 Å². The second-order valence-electron chi connectivity index (χ2n) is 6.41. The van der Waals surface area contributed by atoms with Gasteiger partial charge in [-0.3, -0.25) is 4.90 Å². The largest absolute Gasteiger partial charge is 0.395 e. The molecule has 0 radical (unpaired) electrons. The summed E-state index contributed by atoms with van der Waals surface area (Å²) in [5.74, 6) is 0. The van der Waals surface area contributed by atoms with Gasteiger partial charge in [-0.15, -0.1) is 0 Å². The maximum Gasteiger partial charge on any atom is 0.0558 e. The summed E-state index contributed by atoms with van der Waals surface area (Å²) < 4.78 is 0. The van der Waals surface area contributed by atoms with Gasteiger partial charge in [-0.25, -0.2) is 0 Å². The summed E-state index contributed by atoms with van der Waals surface area (Å²) in [4.78, 5) is 2.43. The standard InChI is InChI=1S/C18H30N2O/c1-2-19-15-18(10-6-7-11-18)16-20(12-13-21)14-17-8-4-3-5-9-17/h3-5,8-9,19,21H,2,6-7,10-16H2,1H3. The third-order valence-electron chi connectivity index (χ3n) is 4.64. The summed E-state index contributed by atoms with van der Waals surface area (Å²) in [6.07, 6.45) is 5.33. The van der Waals surface area contributed by atoms with Crippen LogP contribution in [0, 0.1) is 5.41 Å². The minimum absolute atomic E-state index is 0.240. The van der Waals surface area contributed by atoms with E-state index in [4.69, 9.17) is 0 Å². The molecule has 2 N–H and O–H groups in total. The SMILES string of the molecule is CCNCC1(CN(CCO)Cc2ccccc2)CCCC1. The average Bonchev–Trinajstić information content (AvgIpc) is 2.95. The van der Waals surface area contributed by atoms with E-state index in [2.05, 4.69) is 47.5 Å². The fourth-order valence-electron chi connectivity index (χ4n) is 3.58. The Hall–Kier alpha value is -0.900. The lowest BCUT2D eigenvalue weighted by atomic mass is 9.85. The highest BCUT2D eigenvalue weighted by Crippen LogP contribution is 2.38. The van der Waals surface area contributed by atoms with E-state index in [-0.39, 0.29) is 6.61 Å². The van der Waals surface area contributed by atoms with E-state index in [0.717, 1.165) is 32.7 Å². The quantitative estimate of drug-likeness (QED) is 0.734. The average molecular weight is 290 g/mol. The molecule has 0 aliphatic heterocycles. The Kier molecular flexibility index (Phi) is 6.68. The van der Waals surface area contributed by atoms with Crippen LogP contribution in [0.15, 0.2) is 30.3 Å². The maximum atomic E-state index is 9.39. The number of nitrogens with zero attached hydrogens (tertiary/aromatic N) is 1. The molecule has 0 atom stereocenters. The monoisotopic (exact) mass is 290 g/mol. The normalized spacial score (nSPS) is 17.5. The van der Waals surface area contributed by atoms with Crippen molar-refractivity contribution >= 4 is 0 Å². The van der Waals surface area contributed by atoms with Crippen molar-refractivity contribution in [1.82, 2.24) is 10.2 Å². The number of hydrogen-bond donors (Lipinski definition) is 2. The zero-order valence-electron chi connectivity index (χ0n) is 13.4. The highest BCUT2D eigenvalue weighted by atomic mass is 16.3. The van der Waals surface area contributed by atoms with Crippen molar-refractivity contribution < 1.29 is 5.11 Å². The van der Waals surface area contributed by atoms with Gasteiger partial charge in [0.2, 0.25) is 0 Å². The van der Waals surface area contributed by atoms with E-state index in [1.807, 2.05) is 0 Å². The van der Waals surface area contributed by atoms with E-state index in [0.29, 0.717) is 5.41 Å². The molecule has 0 heterocycles. The molecule has 21 heavy (non-hydrogen) atoms. The zero-order chi connectivity index (χ0) is 15.0. The molecule has 118 valence electrons. The molecule has 3 nitrogen and oxygen atoms in total. The number of nitrogens with one attached hydrogen (secondary N) is 1.